The average molecular weight is 304 g/mol. The summed E-state index contributed by atoms with van der Waals surface area (Å²) >= 11 is 6.09. The Morgan fingerprint density at radius 2 is 1.86 bits per heavy atom. The smallest absolute Gasteiger partial charge is 0.196 e. The van der Waals surface area contributed by atoms with Gasteiger partial charge in [0.15, 0.2) is 17.3 Å². The van der Waals surface area contributed by atoms with Crippen LogP contribution in [0, 0.1) is 0 Å². The van der Waals surface area contributed by atoms with Gasteiger partial charge in [-0.25, -0.2) is 0 Å². The molecule has 0 bridgehead atoms. The van der Waals surface area contributed by atoms with E-state index in [4.69, 9.17) is 26.8 Å². The standard InChI is InChI=1S/C16H14ClNO3/c17-11-3-1-4-12(18)15(11)16(19)10-5-6-13-14(9-10)21-8-2-7-20-13/h1,3-6,9H,2,7-8,18H2. The van der Waals surface area contributed by atoms with Crippen LogP contribution in [-0.2, 0) is 0 Å². The number of nitrogens with two attached hydrogens (primary N) is 1. The molecule has 0 spiro atoms. The van der Waals surface area contributed by atoms with E-state index in [0.717, 1.165) is 6.42 Å². The zero-order chi connectivity index (χ0) is 14.8. The maximum absolute atomic E-state index is 12.6. The van der Waals surface area contributed by atoms with E-state index >= 15 is 0 Å². The maximum Gasteiger partial charge on any atom is 0.196 e. The van der Waals surface area contributed by atoms with E-state index in [0.29, 0.717) is 46.5 Å². The first-order valence-electron chi connectivity index (χ1n) is 6.65. The van der Waals surface area contributed by atoms with Crippen molar-refractivity contribution in [1.82, 2.24) is 0 Å². The molecule has 5 heteroatoms. The molecule has 0 unspecified atom stereocenters. The molecule has 108 valence electrons. The van der Waals surface area contributed by atoms with Gasteiger partial charge in [0.05, 0.1) is 23.8 Å². The highest BCUT2D eigenvalue weighted by atomic mass is 35.5. The topological polar surface area (TPSA) is 61.6 Å². The predicted octanol–water partition coefficient (Wildman–Crippen LogP) is 3.31. The molecule has 0 atom stereocenters. The minimum Gasteiger partial charge on any atom is -0.490 e. The van der Waals surface area contributed by atoms with Crippen LogP contribution < -0.4 is 15.2 Å². The van der Waals surface area contributed by atoms with E-state index in [1.54, 1.807) is 36.4 Å². The van der Waals surface area contributed by atoms with Gasteiger partial charge >= 0.3 is 0 Å². The van der Waals surface area contributed by atoms with Crippen LogP contribution in [0.5, 0.6) is 11.5 Å². The van der Waals surface area contributed by atoms with Crippen LogP contribution in [0.25, 0.3) is 0 Å². The second-order valence-electron chi connectivity index (χ2n) is 4.75. The largest absolute Gasteiger partial charge is 0.490 e. The molecule has 0 saturated carbocycles. The molecule has 1 heterocycles. The number of fused-ring (bicyclic) bond motifs is 1. The Labute approximate surface area is 127 Å². The molecule has 21 heavy (non-hydrogen) atoms. The van der Waals surface area contributed by atoms with Crippen LogP contribution in [0.4, 0.5) is 5.69 Å². The first kappa shape index (κ1) is 13.8. The molecule has 2 N–H and O–H groups in total. The van der Waals surface area contributed by atoms with Gasteiger partial charge < -0.3 is 15.2 Å². The van der Waals surface area contributed by atoms with E-state index in [9.17, 15) is 4.79 Å². The van der Waals surface area contributed by atoms with Crippen molar-refractivity contribution in [2.24, 2.45) is 0 Å². The van der Waals surface area contributed by atoms with Crippen molar-refractivity contribution in [1.29, 1.82) is 0 Å². The lowest BCUT2D eigenvalue weighted by atomic mass is 10.0. The van der Waals surface area contributed by atoms with Gasteiger partial charge in [-0.05, 0) is 30.3 Å². The second-order valence-corrected chi connectivity index (χ2v) is 5.15. The van der Waals surface area contributed by atoms with E-state index in [2.05, 4.69) is 0 Å². The van der Waals surface area contributed by atoms with Gasteiger partial charge in [-0.15, -0.1) is 0 Å². The third-order valence-electron chi connectivity index (χ3n) is 3.28. The molecule has 2 aromatic rings. The Hall–Kier alpha value is -2.20. The van der Waals surface area contributed by atoms with E-state index in [-0.39, 0.29) is 5.78 Å². The van der Waals surface area contributed by atoms with Crippen molar-refractivity contribution in [2.75, 3.05) is 18.9 Å². The van der Waals surface area contributed by atoms with Crippen molar-refractivity contribution in [3.63, 3.8) is 0 Å². The minimum atomic E-state index is -0.228. The van der Waals surface area contributed by atoms with Gasteiger partial charge in [0.1, 0.15) is 0 Å². The number of carbonyl (C=O) groups is 1. The molecule has 2 aromatic carbocycles. The van der Waals surface area contributed by atoms with Crippen LogP contribution in [-0.4, -0.2) is 19.0 Å². The number of carbonyl (C=O) groups excluding carboxylic acids is 1. The molecule has 0 amide bonds. The third-order valence-corrected chi connectivity index (χ3v) is 3.60. The van der Waals surface area contributed by atoms with Crippen LogP contribution in [0.1, 0.15) is 22.3 Å². The van der Waals surface area contributed by atoms with Crippen molar-refractivity contribution in [3.05, 3.63) is 52.5 Å². The number of benzene rings is 2. The molecule has 1 aliphatic heterocycles. The maximum atomic E-state index is 12.6. The number of anilines is 1. The summed E-state index contributed by atoms with van der Waals surface area (Å²) in [5.41, 5.74) is 7.01. The lowest BCUT2D eigenvalue weighted by molar-refractivity contribution is 0.103. The highest BCUT2D eigenvalue weighted by Crippen LogP contribution is 2.32. The fourth-order valence-electron chi connectivity index (χ4n) is 2.23. The van der Waals surface area contributed by atoms with Crippen LogP contribution >= 0.6 is 11.6 Å². The summed E-state index contributed by atoms with van der Waals surface area (Å²) < 4.78 is 11.1. The quantitative estimate of drug-likeness (QED) is 0.683. The molecule has 0 saturated heterocycles. The summed E-state index contributed by atoms with van der Waals surface area (Å²) in [6.07, 6.45) is 0.815. The van der Waals surface area contributed by atoms with E-state index in [1.165, 1.54) is 0 Å². The Bertz CT molecular complexity index is 680. The molecule has 0 radical (unpaired) electrons. The van der Waals surface area contributed by atoms with Gasteiger partial charge in [0, 0.05) is 17.7 Å². The highest BCUT2D eigenvalue weighted by Gasteiger charge is 2.19. The predicted molar refractivity (Wildman–Crippen MR) is 81.3 cm³/mol. The fourth-order valence-corrected chi connectivity index (χ4v) is 2.50. The highest BCUT2D eigenvalue weighted by molar-refractivity contribution is 6.35. The van der Waals surface area contributed by atoms with Crippen LogP contribution in [0.15, 0.2) is 36.4 Å². The monoisotopic (exact) mass is 303 g/mol. The molecule has 1 aliphatic rings. The zero-order valence-corrected chi connectivity index (χ0v) is 12.0. The molecule has 4 nitrogen and oxygen atoms in total. The molecular weight excluding hydrogens is 290 g/mol. The van der Waals surface area contributed by atoms with Crippen LogP contribution in [0.3, 0.4) is 0 Å². The first-order chi connectivity index (χ1) is 10.2. The van der Waals surface area contributed by atoms with Crippen molar-refractivity contribution in [3.8, 4) is 11.5 Å². The number of rotatable bonds is 2. The minimum absolute atomic E-state index is 0.228. The molecular formula is C16H14ClNO3. The van der Waals surface area contributed by atoms with Gasteiger partial charge in [-0.3, -0.25) is 4.79 Å². The van der Waals surface area contributed by atoms with Crippen LogP contribution in [0.2, 0.25) is 5.02 Å². The van der Waals surface area contributed by atoms with E-state index in [1.807, 2.05) is 0 Å². The number of ketones is 1. The summed E-state index contributed by atoms with van der Waals surface area (Å²) in [5, 5.41) is 0.340. The molecule has 3 rings (SSSR count). The summed E-state index contributed by atoms with van der Waals surface area (Å²) in [6.45, 7) is 1.18. The summed E-state index contributed by atoms with van der Waals surface area (Å²) in [4.78, 5) is 12.6. The van der Waals surface area contributed by atoms with Gasteiger partial charge in [-0.2, -0.15) is 0 Å². The Morgan fingerprint density at radius 3 is 2.62 bits per heavy atom. The van der Waals surface area contributed by atoms with Gasteiger partial charge in [-0.1, -0.05) is 17.7 Å². The zero-order valence-electron chi connectivity index (χ0n) is 11.3. The molecule has 0 aliphatic carbocycles. The van der Waals surface area contributed by atoms with Gasteiger partial charge in [0.2, 0.25) is 0 Å². The summed E-state index contributed by atoms with van der Waals surface area (Å²) in [5.74, 6) is 0.994. The Morgan fingerprint density at radius 1 is 1.10 bits per heavy atom. The Balaban J connectivity index is 2.01. The fraction of sp³-hybridized carbons (Fsp3) is 0.188. The summed E-state index contributed by atoms with van der Waals surface area (Å²) in [6, 6.07) is 10.1. The molecule has 0 aromatic heterocycles. The average Bonchev–Trinajstić information content (AvgIpc) is 2.71. The van der Waals surface area contributed by atoms with Crippen molar-refractivity contribution < 1.29 is 14.3 Å². The Kier molecular flexibility index (Phi) is 3.71. The summed E-state index contributed by atoms with van der Waals surface area (Å²) in [7, 11) is 0. The van der Waals surface area contributed by atoms with Crippen molar-refractivity contribution >= 4 is 23.1 Å². The van der Waals surface area contributed by atoms with E-state index < -0.39 is 0 Å². The number of halogens is 1. The number of hydrogen-bond acceptors (Lipinski definition) is 4. The third kappa shape index (κ3) is 2.67. The van der Waals surface area contributed by atoms with Crippen molar-refractivity contribution in [2.45, 2.75) is 6.42 Å². The first-order valence-corrected chi connectivity index (χ1v) is 7.03. The lowest BCUT2D eigenvalue weighted by Gasteiger charge is -2.10. The second kappa shape index (κ2) is 5.66. The molecule has 0 fully saturated rings. The lowest BCUT2D eigenvalue weighted by Crippen LogP contribution is -2.06. The number of ether oxygens (including phenoxy) is 2. The normalized spacial score (nSPS) is 13.6. The van der Waals surface area contributed by atoms with Gasteiger partial charge in [0.25, 0.3) is 0 Å². The number of nitrogen functional groups attached to an aromatic ring is 1. The number of hydrogen-bond donors (Lipinski definition) is 1. The SMILES string of the molecule is Nc1cccc(Cl)c1C(=O)c1ccc2c(c1)OCCCO2.